The molecular weight excluding hydrogens is 286 g/mol. The summed E-state index contributed by atoms with van der Waals surface area (Å²) in [5.74, 6) is -1.02. The highest BCUT2D eigenvalue weighted by atomic mass is 35.5. The van der Waals surface area contributed by atoms with Gasteiger partial charge < -0.3 is 5.11 Å². The number of carboxylic acids is 1. The van der Waals surface area contributed by atoms with E-state index in [1.807, 2.05) is 0 Å². The molecule has 0 aliphatic rings. The number of benzene rings is 1. The summed E-state index contributed by atoms with van der Waals surface area (Å²) in [4.78, 5) is 19.9. The Hall–Kier alpha value is -2.40. The first kappa shape index (κ1) is 13.6. The molecule has 2 radical (unpaired) electrons. The third-order valence-corrected chi connectivity index (χ3v) is 3.32. The molecule has 1 N–H and O–H groups in total. The number of halogens is 1. The lowest BCUT2D eigenvalue weighted by Gasteiger charge is -2.07. The van der Waals surface area contributed by atoms with Crippen molar-refractivity contribution in [3.63, 3.8) is 0 Å². The minimum Gasteiger partial charge on any atom is -0.478 e. The number of carboxylic acid groups (broad SMARTS) is 1. The van der Waals surface area contributed by atoms with Crippen LogP contribution in [0.15, 0.2) is 42.6 Å². The number of rotatable bonds is 2. The fourth-order valence-corrected chi connectivity index (χ4v) is 2.25. The van der Waals surface area contributed by atoms with Gasteiger partial charge >= 0.3 is 5.97 Å². The first-order valence-corrected chi connectivity index (χ1v) is 6.48. The molecule has 0 saturated carbocycles. The lowest BCUT2D eigenvalue weighted by atomic mass is 10.0. The zero-order chi connectivity index (χ0) is 15.0. The van der Waals surface area contributed by atoms with Gasteiger partial charge in [0.2, 0.25) is 0 Å². The molecule has 3 rings (SSSR count). The molecule has 0 spiro atoms. The zero-order valence-corrected chi connectivity index (χ0v) is 11.5. The standard InChI is InChI=1S/C15H8BClN2O2/c16-14-4-1-8(7-18-14)12-6-11(15(20)21)10-3-2-9(17)5-13(10)19-12/h1-7H,(H,20,21). The van der Waals surface area contributed by atoms with Gasteiger partial charge in [-0.1, -0.05) is 29.8 Å². The van der Waals surface area contributed by atoms with Crippen LogP contribution in [0.2, 0.25) is 5.02 Å². The van der Waals surface area contributed by atoms with E-state index >= 15 is 0 Å². The third-order valence-electron chi connectivity index (χ3n) is 3.08. The van der Waals surface area contributed by atoms with Gasteiger partial charge in [0.15, 0.2) is 0 Å². The van der Waals surface area contributed by atoms with Crippen molar-refractivity contribution in [1.29, 1.82) is 0 Å². The van der Waals surface area contributed by atoms with E-state index in [0.29, 0.717) is 32.8 Å². The molecule has 3 aromatic rings. The van der Waals surface area contributed by atoms with Crippen molar-refractivity contribution < 1.29 is 9.90 Å². The number of pyridine rings is 2. The Balaban J connectivity index is 2.29. The van der Waals surface area contributed by atoms with Crippen molar-refractivity contribution in [2.75, 3.05) is 0 Å². The van der Waals surface area contributed by atoms with Crippen molar-refractivity contribution in [3.05, 3.63) is 53.2 Å². The predicted molar refractivity (Wildman–Crippen MR) is 82.3 cm³/mol. The number of aromatic carboxylic acids is 1. The van der Waals surface area contributed by atoms with Crippen LogP contribution in [0.1, 0.15) is 10.4 Å². The van der Waals surface area contributed by atoms with Crippen molar-refractivity contribution >= 4 is 41.9 Å². The summed E-state index contributed by atoms with van der Waals surface area (Å²) in [6, 6.07) is 9.83. The SMILES string of the molecule is [B]c1ccc(-c2cc(C(=O)O)c3ccc(Cl)cc3n2)cn1. The maximum Gasteiger partial charge on any atom is 0.336 e. The molecule has 0 amide bonds. The largest absolute Gasteiger partial charge is 0.478 e. The van der Waals surface area contributed by atoms with Crippen molar-refractivity contribution in [2.45, 2.75) is 0 Å². The Kier molecular flexibility index (Phi) is 3.35. The summed E-state index contributed by atoms with van der Waals surface area (Å²) >= 11 is 5.95. The van der Waals surface area contributed by atoms with E-state index in [9.17, 15) is 9.90 Å². The molecule has 0 atom stereocenters. The van der Waals surface area contributed by atoms with Gasteiger partial charge in [0.25, 0.3) is 0 Å². The van der Waals surface area contributed by atoms with Crippen LogP contribution in [0, 0.1) is 0 Å². The molecule has 6 heteroatoms. The van der Waals surface area contributed by atoms with Crippen LogP contribution in [0.5, 0.6) is 0 Å². The van der Waals surface area contributed by atoms with Crippen molar-refractivity contribution in [3.8, 4) is 11.3 Å². The molecule has 1 aromatic carbocycles. The average molecular weight is 295 g/mol. The van der Waals surface area contributed by atoms with Crippen LogP contribution in [-0.2, 0) is 0 Å². The topological polar surface area (TPSA) is 63.1 Å². The molecule has 0 aliphatic carbocycles. The van der Waals surface area contributed by atoms with Crippen molar-refractivity contribution in [2.24, 2.45) is 0 Å². The molecule has 4 nitrogen and oxygen atoms in total. The summed E-state index contributed by atoms with van der Waals surface area (Å²) in [6.07, 6.45) is 1.56. The minimum atomic E-state index is -1.02. The third kappa shape index (κ3) is 2.60. The molecule has 0 saturated heterocycles. The van der Waals surface area contributed by atoms with Crippen LogP contribution in [0.3, 0.4) is 0 Å². The number of carbonyl (C=O) groups is 1. The second-order valence-corrected chi connectivity index (χ2v) is 4.93. The average Bonchev–Trinajstić information content (AvgIpc) is 2.46. The summed E-state index contributed by atoms with van der Waals surface area (Å²) in [6.45, 7) is 0. The Morgan fingerprint density at radius 2 is 2.00 bits per heavy atom. The van der Waals surface area contributed by atoms with Crippen LogP contribution in [0.4, 0.5) is 0 Å². The molecular formula is C15H8BClN2O2. The Morgan fingerprint density at radius 1 is 1.19 bits per heavy atom. The highest BCUT2D eigenvalue weighted by molar-refractivity contribution is 6.31. The molecule has 2 heterocycles. The molecule has 2 aromatic heterocycles. The van der Waals surface area contributed by atoms with Gasteiger partial charge in [0, 0.05) is 22.2 Å². The lowest BCUT2D eigenvalue weighted by molar-refractivity contribution is 0.0699. The van der Waals surface area contributed by atoms with Gasteiger partial charge in [-0.3, -0.25) is 4.98 Å². The van der Waals surface area contributed by atoms with Gasteiger partial charge in [-0.2, -0.15) is 0 Å². The van der Waals surface area contributed by atoms with Crippen LogP contribution >= 0.6 is 11.6 Å². The quantitative estimate of drug-likeness (QED) is 0.737. The highest BCUT2D eigenvalue weighted by Gasteiger charge is 2.13. The van der Waals surface area contributed by atoms with E-state index < -0.39 is 5.97 Å². The summed E-state index contributed by atoms with van der Waals surface area (Å²) in [5.41, 5.74) is 2.28. The van der Waals surface area contributed by atoms with E-state index in [0.717, 1.165) is 0 Å². The predicted octanol–water partition coefficient (Wildman–Crippen LogP) is 2.44. The second-order valence-electron chi connectivity index (χ2n) is 4.49. The van der Waals surface area contributed by atoms with Gasteiger partial charge in [0.1, 0.15) is 7.85 Å². The maximum absolute atomic E-state index is 11.4. The monoisotopic (exact) mass is 294 g/mol. The molecule has 0 fully saturated rings. The van der Waals surface area contributed by atoms with Gasteiger partial charge in [-0.25, -0.2) is 9.78 Å². The van der Waals surface area contributed by atoms with Gasteiger partial charge in [0.05, 0.1) is 16.8 Å². The number of nitrogens with zero attached hydrogens (tertiary/aromatic N) is 2. The van der Waals surface area contributed by atoms with Gasteiger partial charge in [-0.15, -0.1) is 0 Å². The Labute approximate surface area is 126 Å². The van der Waals surface area contributed by atoms with Crippen molar-refractivity contribution in [1.82, 2.24) is 9.97 Å². The second kappa shape index (κ2) is 5.18. The summed E-state index contributed by atoms with van der Waals surface area (Å²) in [7, 11) is 5.55. The van der Waals surface area contributed by atoms with Crippen LogP contribution < -0.4 is 5.59 Å². The Bertz CT molecular complexity index is 850. The lowest BCUT2D eigenvalue weighted by Crippen LogP contribution is -2.06. The van der Waals surface area contributed by atoms with E-state index in [4.69, 9.17) is 19.4 Å². The minimum absolute atomic E-state index is 0.170. The summed E-state index contributed by atoms with van der Waals surface area (Å²) < 4.78 is 0. The molecule has 0 aliphatic heterocycles. The van der Waals surface area contributed by atoms with Crippen LogP contribution in [0.25, 0.3) is 22.2 Å². The Morgan fingerprint density at radius 3 is 2.67 bits per heavy atom. The normalized spacial score (nSPS) is 10.7. The first-order valence-electron chi connectivity index (χ1n) is 6.10. The maximum atomic E-state index is 11.4. The fourth-order valence-electron chi connectivity index (χ4n) is 2.08. The molecule has 100 valence electrons. The molecule has 0 bridgehead atoms. The number of fused-ring (bicyclic) bond motifs is 1. The molecule has 21 heavy (non-hydrogen) atoms. The zero-order valence-electron chi connectivity index (χ0n) is 10.7. The van der Waals surface area contributed by atoms with Crippen LogP contribution in [-0.4, -0.2) is 28.9 Å². The first-order chi connectivity index (χ1) is 10.0. The van der Waals surface area contributed by atoms with E-state index in [1.54, 1.807) is 36.5 Å². The smallest absolute Gasteiger partial charge is 0.336 e. The molecule has 0 unspecified atom stereocenters. The highest BCUT2D eigenvalue weighted by Crippen LogP contribution is 2.26. The van der Waals surface area contributed by atoms with E-state index in [2.05, 4.69) is 9.97 Å². The fraction of sp³-hybridized carbons (Fsp3) is 0. The van der Waals surface area contributed by atoms with E-state index in [-0.39, 0.29) is 5.56 Å². The summed E-state index contributed by atoms with van der Waals surface area (Å²) in [5, 5.41) is 10.4. The number of aromatic nitrogens is 2. The number of hydrogen-bond acceptors (Lipinski definition) is 3. The van der Waals surface area contributed by atoms with E-state index in [1.165, 1.54) is 6.07 Å². The van der Waals surface area contributed by atoms with Gasteiger partial charge in [-0.05, 0) is 23.8 Å². The number of hydrogen-bond donors (Lipinski definition) is 1.